The summed E-state index contributed by atoms with van der Waals surface area (Å²) < 4.78 is 5.31. The summed E-state index contributed by atoms with van der Waals surface area (Å²) in [6.07, 6.45) is 3.15. The molecule has 1 aliphatic carbocycles. The van der Waals surface area contributed by atoms with Gasteiger partial charge in [-0.15, -0.1) is 0 Å². The molecule has 7 heteroatoms. The Morgan fingerprint density at radius 3 is 2.58 bits per heavy atom. The molecule has 1 aromatic rings. The van der Waals surface area contributed by atoms with Gasteiger partial charge in [0.1, 0.15) is 18.7 Å². The normalized spacial score (nSPS) is 20.5. The highest BCUT2D eigenvalue weighted by molar-refractivity contribution is 5.89. The zero-order chi connectivity index (χ0) is 18.5. The molecular weight excluding hydrogens is 336 g/mol. The number of nitrogens with zero attached hydrogens (tertiary/aromatic N) is 1. The number of ether oxygens (including phenoxy) is 1. The molecule has 2 amide bonds. The van der Waals surface area contributed by atoms with Crippen LogP contribution in [0.1, 0.15) is 37.7 Å². The summed E-state index contributed by atoms with van der Waals surface area (Å²) in [6.45, 7) is 0.579. The van der Waals surface area contributed by atoms with Crippen molar-refractivity contribution < 1.29 is 24.2 Å². The summed E-state index contributed by atoms with van der Waals surface area (Å²) in [5.41, 5.74) is 0.872. The molecular formula is C19H24N2O5. The lowest BCUT2D eigenvalue weighted by atomic mass is 10.1. The Balaban J connectivity index is 1.54. The summed E-state index contributed by atoms with van der Waals surface area (Å²) in [5, 5.41) is 11.9. The number of hydrogen-bond donors (Lipinski definition) is 2. The van der Waals surface area contributed by atoms with E-state index in [1.807, 2.05) is 30.3 Å². The highest BCUT2D eigenvalue weighted by Crippen LogP contribution is 2.33. The van der Waals surface area contributed by atoms with E-state index < -0.39 is 30.1 Å². The van der Waals surface area contributed by atoms with Gasteiger partial charge < -0.3 is 15.2 Å². The molecule has 1 heterocycles. The monoisotopic (exact) mass is 360 g/mol. The van der Waals surface area contributed by atoms with Gasteiger partial charge in [-0.2, -0.15) is 0 Å². The minimum atomic E-state index is -1.03. The molecule has 1 aromatic carbocycles. The highest BCUT2D eigenvalue weighted by atomic mass is 16.6. The van der Waals surface area contributed by atoms with E-state index in [9.17, 15) is 19.5 Å². The van der Waals surface area contributed by atoms with Crippen LogP contribution in [-0.2, 0) is 20.9 Å². The minimum absolute atomic E-state index is 0.143. The number of hydrogen-bond acceptors (Lipinski definition) is 4. The molecule has 1 saturated carbocycles. The van der Waals surface area contributed by atoms with Gasteiger partial charge in [0.25, 0.3) is 0 Å². The third kappa shape index (κ3) is 4.74. The summed E-state index contributed by atoms with van der Waals surface area (Å²) in [6, 6.07) is 7.76. The maximum Gasteiger partial charge on any atom is 0.410 e. The number of amides is 2. The van der Waals surface area contributed by atoms with Crippen LogP contribution in [0.25, 0.3) is 0 Å². The number of nitrogens with one attached hydrogen (secondary N) is 1. The third-order valence-electron chi connectivity index (χ3n) is 4.88. The maximum atomic E-state index is 12.5. The lowest BCUT2D eigenvalue weighted by molar-refractivity contribution is -0.142. The van der Waals surface area contributed by atoms with Crippen molar-refractivity contribution in [3.05, 3.63) is 35.9 Å². The predicted molar refractivity (Wildman–Crippen MR) is 93.3 cm³/mol. The molecule has 0 aromatic heterocycles. The van der Waals surface area contributed by atoms with Crippen molar-refractivity contribution in [2.24, 2.45) is 5.92 Å². The Morgan fingerprint density at radius 1 is 1.19 bits per heavy atom. The van der Waals surface area contributed by atoms with Crippen LogP contribution in [0.2, 0.25) is 0 Å². The van der Waals surface area contributed by atoms with Crippen LogP contribution in [0.15, 0.2) is 30.3 Å². The van der Waals surface area contributed by atoms with Gasteiger partial charge in [0.15, 0.2) is 0 Å². The number of carboxylic acids is 1. The second-order valence-electron chi connectivity index (χ2n) is 6.97. The standard InChI is InChI=1S/C19H24N2O5/c22-17(20-15(18(23)24)11-13-8-9-13)16-7-4-10-21(16)19(25)26-12-14-5-2-1-3-6-14/h1-3,5-6,13,15-16H,4,7-12H2,(H,20,22)(H,23,24)/t15-,16-/m1/s1. The van der Waals surface area contributed by atoms with E-state index in [2.05, 4.69) is 5.32 Å². The molecule has 140 valence electrons. The molecule has 0 radical (unpaired) electrons. The van der Waals surface area contributed by atoms with Gasteiger partial charge >= 0.3 is 12.1 Å². The number of aliphatic carboxylic acids is 1. The summed E-state index contributed by atoms with van der Waals surface area (Å²) in [7, 11) is 0. The van der Waals surface area contributed by atoms with Crippen LogP contribution in [0.5, 0.6) is 0 Å². The quantitative estimate of drug-likeness (QED) is 0.777. The number of likely N-dealkylation sites (tertiary alicyclic amines) is 1. The first kappa shape index (κ1) is 18.2. The number of carbonyl (C=O) groups excluding carboxylic acids is 2. The smallest absolute Gasteiger partial charge is 0.410 e. The van der Waals surface area contributed by atoms with E-state index in [0.29, 0.717) is 31.7 Å². The lowest BCUT2D eigenvalue weighted by Gasteiger charge is -2.25. The fourth-order valence-corrected chi connectivity index (χ4v) is 3.24. The molecule has 2 aliphatic rings. The fraction of sp³-hybridized carbons (Fsp3) is 0.526. The topological polar surface area (TPSA) is 95.9 Å². The average molecular weight is 360 g/mol. The number of carbonyl (C=O) groups is 3. The van der Waals surface area contributed by atoms with E-state index in [0.717, 1.165) is 18.4 Å². The number of carboxylic acid groups (broad SMARTS) is 1. The van der Waals surface area contributed by atoms with Crippen molar-refractivity contribution in [1.29, 1.82) is 0 Å². The van der Waals surface area contributed by atoms with Crippen molar-refractivity contribution in [3.8, 4) is 0 Å². The first-order chi connectivity index (χ1) is 12.5. The summed E-state index contributed by atoms with van der Waals surface area (Å²) in [4.78, 5) is 37.6. The number of benzene rings is 1. The molecule has 0 unspecified atom stereocenters. The van der Waals surface area contributed by atoms with E-state index in [-0.39, 0.29) is 6.61 Å². The highest BCUT2D eigenvalue weighted by Gasteiger charge is 2.38. The van der Waals surface area contributed by atoms with Gasteiger partial charge in [0.05, 0.1) is 0 Å². The van der Waals surface area contributed by atoms with Crippen LogP contribution in [0.4, 0.5) is 4.79 Å². The second kappa shape index (κ2) is 8.21. The first-order valence-corrected chi connectivity index (χ1v) is 9.05. The van der Waals surface area contributed by atoms with E-state index in [1.54, 1.807) is 0 Å². The van der Waals surface area contributed by atoms with Gasteiger partial charge in [0.2, 0.25) is 5.91 Å². The van der Waals surface area contributed by atoms with E-state index >= 15 is 0 Å². The number of rotatable bonds is 7. The Hall–Kier alpha value is -2.57. The SMILES string of the molecule is O=C(N[C@H](CC1CC1)C(=O)O)[C@H]1CCCN1C(=O)OCc1ccccc1. The minimum Gasteiger partial charge on any atom is -0.480 e. The van der Waals surface area contributed by atoms with Crippen molar-refractivity contribution >= 4 is 18.0 Å². The lowest BCUT2D eigenvalue weighted by Crippen LogP contribution is -2.51. The van der Waals surface area contributed by atoms with Gasteiger partial charge in [-0.05, 0) is 30.7 Å². The van der Waals surface area contributed by atoms with Crippen molar-refractivity contribution in [3.63, 3.8) is 0 Å². The molecule has 2 fully saturated rings. The Kier molecular flexibility index (Phi) is 5.75. The van der Waals surface area contributed by atoms with E-state index in [1.165, 1.54) is 4.90 Å². The van der Waals surface area contributed by atoms with Crippen LogP contribution in [-0.4, -0.2) is 46.6 Å². The first-order valence-electron chi connectivity index (χ1n) is 9.05. The molecule has 2 N–H and O–H groups in total. The fourth-order valence-electron chi connectivity index (χ4n) is 3.24. The third-order valence-corrected chi connectivity index (χ3v) is 4.88. The largest absolute Gasteiger partial charge is 0.480 e. The maximum absolute atomic E-state index is 12.5. The molecule has 7 nitrogen and oxygen atoms in total. The molecule has 0 bridgehead atoms. The van der Waals surface area contributed by atoms with Crippen LogP contribution >= 0.6 is 0 Å². The zero-order valence-electron chi connectivity index (χ0n) is 14.6. The summed E-state index contributed by atoms with van der Waals surface area (Å²) in [5.74, 6) is -1.06. The van der Waals surface area contributed by atoms with Crippen molar-refractivity contribution in [2.45, 2.75) is 50.8 Å². The summed E-state index contributed by atoms with van der Waals surface area (Å²) >= 11 is 0. The van der Waals surface area contributed by atoms with E-state index in [4.69, 9.17) is 4.74 Å². The van der Waals surface area contributed by atoms with Gasteiger partial charge in [-0.3, -0.25) is 9.69 Å². The molecule has 1 saturated heterocycles. The van der Waals surface area contributed by atoms with Gasteiger partial charge in [-0.1, -0.05) is 43.2 Å². The molecule has 3 rings (SSSR count). The van der Waals surface area contributed by atoms with Crippen molar-refractivity contribution in [1.82, 2.24) is 10.2 Å². The molecule has 0 spiro atoms. The van der Waals surface area contributed by atoms with Gasteiger partial charge in [-0.25, -0.2) is 9.59 Å². The predicted octanol–water partition coefficient (Wildman–Crippen LogP) is 2.16. The Morgan fingerprint density at radius 2 is 1.92 bits per heavy atom. The molecule has 26 heavy (non-hydrogen) atoms. The average Bonchev–Trinajstić information content (AvgIpc) is 3.31. The Labute approximate surface area is 152 Å². The van der Waals surface area contributed by atoms with Crippen LogP contribution in [0, 0.1) is 5.92 Å². The van der Waals surface area contributed by atoms with Crippen molar-refractivity contribution in [2.75, 3.05) is 6.54 Å². The Bertz CT molecular complexity index is 659. The van der Waals surface area contributed by atoms with Gasteiger partial charge in [0, 0.05) is 6.54 Å². The molecule has 2 atom stereocenters. The van der Waals surface area contributed by atoms with Crippen LogP contribution < -0.4 is 5.32 Å². The molecule has 1 aliphatic heterocycles. The van der Waals surface area contributed by atoms with Crippen LogP contribution in [0.3, 0.4) is 0 Å². The second-order valence-corrected chi connectivity index (χ2v) is 6.97. The zero-order valence-corrected chi connectivity index (χ0v) is 14.6.